The van der Waals surface area contributed by atoms with E-state index in [1.54, 1.807) is 6.07 Å². The Balaban J connectivity index is 2.74. The lowest BCUT2D eigenvalue weighted by atomic mass is 10.2. The van der Waals surface area contributed by atoms with E-state index >= 15 is 0 Å². The van der Waals surface area contributed by atoms with E-state index in [0.717, 1.165) is 0 Å². The third-order valence-corrected chi connectivity index (χ3v) is 2.05. The average molecular weight is 207 g/mol. The number of nitrogens with two attached hydrogens (primary N) is 1. The minimum Gasteiger partial charge on any atom is -0.480 e. The molecule has 4 nitrogen and oxygen atoms in total. The van der Waals surface area contributed by atoms with Gasteiger partial charge in [-0.1, -0.05) is 0 Å². The van der Waals surface area contributed by atoms with Gasteiger partial charge in [0.2, 0.25) is 5.88 Å². The van der Waals surface area contributed by atoms with Gasteiger partial charge in [-0.15, -0.1) is 0 Å². The second kappa shape index (κ2) is 3.78. The minimum atomic E-state index is -0.341. The molecule has 0 aliphatic rings. The van der Waals surface area contributed by atoms with Crippen LogP contribution in [-0.4, -0.2) is 17.1 Å². The molecule has 0 radical (unpaired) electrons. The predicted molar refractivity (Wildman–Crippen MR) is 53.9 cm³/mol. The van der Waals surface area contributed by atoms with E-state index in [9.17, 15) is 4.39 Å². The molecule has 0 unspecified atom stereocenters. The summed E-state index contributed by atoms with van der Waals surface area (Å²) < 4.78 is 18.1. The van der Waals surface area contributed by atoms with Gasteiger partial charge < -0.3 is 10.5 Å². The molecular formula is C10H10FN3O. The first kappa shape index (κ1) is 9.79. The minimum absolute atomic E-state index is 0.197. The number of hydrogen-bond donors (Lipinski definition) is 1. The number of fused-ring (bicyclic) bond motifs is 1. The van der Waals surface area contributed by atoms with E-state index in [-0.39, 0.29) is 12.4 Å². The highest BCUT2D eigenvalue weighted by molar-refractivity contribution is 5.83. The molecule has 0 aliphatic carbocycles. The van der Waals surface area contributed by atoms with E-state index in [2.05, 4.69) is 9.97 Å². The van der Waals surface area contributed by atoms with Crippen LogP contribution >= 0.6 is 0 Å². The zero-order chi connectivity index (χ0) is 10.8. The lowest BCUT2D eigenvalue weighted by Gasteiger charge is -2.05. The molecule has 0 atom stereocenters. The molecule has 1 aromatic carbocycles. The van der Waals surface area contributed by atoms with Gasteiger partial charge in [-0.2, -0.15) is 4.98 Å². The van der Waals surface area contributed by atoms with Crippen molar-refractivity contribution < 1.29 is 9.13 Å². The summed E-state index contributed by atoms with van der Waals surface area (Å²) in [7, 11) is 1.51. The van der Waals surface area contributed by atoms with Crippen LogP contribution in [0.15, 0.2) is 18.2 Å². The number of nitrogens with zero attached hydrogens (tertiary/aromatic N) is 2. The number of ether oxygens (including phenoxy) is 1. The van der Waals surface area contributed by atoms with Crippen LogP contribution in [0.25, 0.3) is 10.9 Å². The van der Waals surface area contributed by atoms with Crippen LogP contribution in [0.1, 0.15) is 5.82 Å². The maximum absolute atomic E-state index is 13.0. The van der Waals surface area contributed by atoms with Gasteiger partial charge in [-0.25, -0.2) is 9.37 Å². The molecule has 0 aliphatic heterocycles. The summed E-state index contributed by atoms with van der Waals surface area (Å²) in [5.74, 6) is 0.511. The second-order valence-electron chi connectivity index (χ2n) is 3.01. The molecule has 1 aromatic heterocycles. The van der Waals surface area contributed by atoms with Gasteiger partial charge in [0.25, 0.3) is 0 Å². The van der Waals surface area contributed by atoms with Crippen molar-refractivity contribution in [1.29, 1.82) is 0 Å². The number of aromatic nitrogens is 2. The Morgan fingerprint density at radius 1 is 1.40 bits per heavy atom. The first-order valence-corrected chi connectivity index (χ1v) is 4.45. The fourth-order valence-electron chi connectivity index (χ4n) is 1.37. The quantitative estimate of drug-likeness (QED) is 0.804. The molecular weight excluding hydrogens is 197 g/mol. The third-order valence-electron chi connectivity index (χ3n) is 2.05. The largest absolute Gasteiger partial charge is 0.480 e. The summed E-state index contributed by atoms with van der Waals surface area (Å²) >= 11 is 0. The maximum atomic E-state index is 13.0. The molecule has 0 fully saturated rings. The van der Waals surface area contributed by atoms with E-state index in [1.165, 1.54) is 19.2 Å². The van der Waals surface area contributed by atoms with Gasteiger partial charge >= 0.3 is 0 Å². The van der Waals surface area contributed by atoms with Gasteiger partial charge in [-0.3, -0.25) is 0 Å². The highest BCUT2D eigenvalue weighted by Crippen LogP contribution is 2.22. The van der Waals surface area contributed by atoms with E-state index in [0.29, 0.717) is 22.6 Å². The number of halogens is 1. The Labute approximate surface area is 85.9 Å². The van der Waals surface area contributed by atoms with Crippen molar-refractivity contribution in [3.63, 3.8) is 0 Å². The van der Waals surface area contributed by atoms with Crippen LogP contribution in [0.3, 0.4) is 0 Å². The van der Waals surface area contributed by atoms with Crippen molar-refractivity contribution in [2.75, 3.05) is 7.11 Å². The molecule has 15 heavy (non-hydrogen) atoms. The number of benzene rings is 1. The Kier molecular flexibility index (Phi) is 2.47. The van der Waals surface area contributed by atoms with Crippen molar-refractivity contribution in [3.8, 4) is 5.88 Å². The first-order valence-electron chi connectivity index (χ1n) is 4.45. The van der Waals surface area contributed by atoms with Crippen molar-refractivity contribution in [3.05, 3.63) is 29.8 Å². The van der Waals surface area contributed by atoms with E-state index < -0.39 is 0 Å². The fourth-order valence-corrected chi connectivity index (χ4v) is 1.37. The fraction of sp³-hybridized carbons (Fsp3) is 0.200. The summed E-state index contributed by atoms with van der Waals surface area (Å²) in [6.45, 7) is 0.197. The van der Waals surface area contributed by atoms with Crippen LogP contribution in [0, 0.1) is 5.82 Å². The molecule has 5 heteroatoms. The molecule has 2 N–H and O–H groups in total. The molecule has 2 rings (SSSR count). The molecule has 0 saturated heterocycles. The number of hydrogen-bond acceptors (Lipinski definition) is 4. The summed E-state index contributed by atoms with van der Waals surface area (Å²) in [5, 5.41) is 0.677. The van der Waals surface area contributed by atoms with Crippen LogP contribution in [0.2, 0.25) is 0 Å². The van der Waals surface area contributed by atoms with Crippen molar-refractivity contribution in [2.24, 2.45) is 5.73 Å². The Morgan fingerprint density at radius 2 is 2.20 bits per heavy atom. The molecule has 0 amide bonds. The molecule has 1 heterocycles. The first-order chi connectivity index (χ1) is 7.24. The van der Waals surface area contributed by atoms with Gasteiger partial charge in [0.1, 0.15) is 11.6 Å². The molecule has 0 bridgehead atoms. The highest BCUT2D eigenvalue weighted by Gasteiger charge is 2.07. The lowest BCUT2D eigenvalue weighted by molar-refractivity contribution is 0.400. The van der Waals surface area contributed by atoms with Crippen molar-refractivity contribution in [1.82, 2.24) is 9.97 Å². The van der Waals surface area contributed by atoms with Crippen LogP contribution in [0.5, 0.6) is 5.88 Å². The molecule has 2 aromatic rings. The summed E-state index contributed by atoms with van der Waals surface area (Å²) in [6, 6.07) is 4.26. The number of methoxy groups -OCH3 is 1. The standard InChI is InChI=1S/C10H10FN3O/c1-15-10-7-3-2-6(11)4-8(7)13-9(5-12)14-10/h2-4H,5,12H2,1H3. The smallest absolute Gasteiger partial charge is 0.224 e. The zero-order valence-corrected chi connectivity index (χ0v) is 8.20. The highest BCUT2D eigenvalue weighted by atomic mass is 19.1. The Bertz CT molecular complexity index is 501. The van der Waals surface area contributed by atoms with Crippen molar-refractivity contribution in [2.45, 2.75) is 6.54 Å². The van der Waals surface area contributed by atoms with E-state index in [4.69, 9.17) is 10.5 Å². The van der Waals surface area contributed by atoms with Crippen molar-refractivity contribution >= 4 is 10.9 Å². The molecule has 0 spiro atoms. The molecule has 78 valence electrons. The third kappa shape index (κ3) is 1.73. The second-order valence-corrected chi connectivity index (χ2v) is 3.01. The predicted octanol–water partition coefficient (Wildman–Crippen LogP) is 1.24. The van der Waals surface area contributed by atoms with Gasteiger partial charge in [0.05, 0.1) is 24.6 Å². The summed E-state index contributed by atoms with van der Waals surface area (Å²) in [4.78, 5) is 8.19. The summed E-state index contributed by atoms with van der Waals surface area (Å²) in [6.07, 6.45) is 0. The lowest BCUT2D eigenvalue weighted by Crippen LogP contribution is -2.04. The monoisotopic (exact) mass is 207 g/mol. The average Bonchev–Trinajstić information content (AvgIpc) is 2.26. The van der Waals surface area contributed by atoms with Gasteiger partial charge in [0.15, 0.2) is 0 Å². The normalized spacial score (nSPS) is 10.6. The van der Waals surface area contributed by atoms with Crippen LogP contribution in [0.4, 0.5) is 4.39 Å². The Hall–Kier alpha value is -1.75. The van der Waals surface area contributed by atoms with E-state index in [1.807, 2.05) is 0 Å². The van der Waals surface area contributed by atoms with Gasteiger partial charge in [0, 0.05) is 6.07 Å². The summed E-state index contributed by atoms with van der Waals surface area (Å²) in [5.41, 5.74) is 5.93. The van der Waals surface area contributed by atoms with Crippen LogP contribution < -0.4 is 10.5 Å². The van der Waals surface area contributed by atoms with Gasteiger partial charge in [-0.05, 0) is 12.1 Å². The maximum Gasteiger partial charge on any atom is 0.224 e. The topological polar surface area (TPSA) is 61.0 Å². The number of rotatable bonds is 2. The van der Waals surface area contributed by atoms with Crippen LogP contribution in [-0.2, 0) is 6.54 Å². The molecule has 0 saturated carbocycles. The SMILES string of the molecule is COc1nc(CN)nc2cc(F)ccc12. The Morgan fingerprint density at radius 3 is 2.87 bits per heavy atom. The zero-order valence-electron chi connectivity index (χ0n) is 8.20.